The largest absolute Gasteiger partial charge is 0.455 e. The predicted molar refractivity (Wildman–Crippen MR) is 118 cm³/mol. The van der Waals surface area contributed by atoms with Crippen molar-refractivity contribution in [2.24, 2.45) is 18.9 Å². The normalized spacial score (nSPS) is 26.4. The molecular weight excluding hydrogens is 373 g/mol. The van der Waals surface area contributed by atoms with Gasteiger partial charge in [0, 0.05) is 29.8 Å². The number of hydrogen-bond acceptors (Lipinski definition) is 1. The summed E-state index contributed by atoms with van der Waals surface area (Å²) >= 11 is 0. The van der Waals surface area contributed by atoms with E-state index in [1.165, 1.54) is 19.3 Å². The highest BCUT2D eigenvalue weighted by Gasteiger charge is 2.40. The maximum atomic E-state index is 15.3. The Bertz CT molecular complexity index is 1330. The number of halogens is 1. The van der Waals surface area contributed by atoms with Crippen LogP contribution in [0.5, 0.6) is 0 Å². The summed E-state index contributed by atoms with van der Waals surface area (Å²) in [6.07, 6.45) is 7.11. The molecule has 2 fully saturated rings. The van der Waals surface area contributed by atoms with Gasteiger partial charge >= 0.3 is 0 Å². The molecule has 2 heterocycles. The first-order valence-corrected chi connectivity index (χ1v) is 11.1. The third-order valence-electron chi connectivity index (χ3n) is 7.47. The molecule has 0 bridgehead atoms. The Morgan fingerprint density at radius 3 is 2.50 bits per heavy atom. The van der Waals surface area contributed by atoms with Gasteiger partial charge in [0.15, 0.2) is 6.20 Å². The number of aryl methyl sites for hydroxylation is 2. The van der Waals surface area contributed by atoms with E-state index in [0.29, 0.717) is 23.0 Å². The lowest BCUT2D eigenvalue weighted by Gasteiger charge is -2.13. The zero-order valence-electron chi connectivity index (χ0n) is 18.5. The summed E-state index contributed by atoms with van der Waals surface area (Å²) in [6, 6.07) is 13.7. The Kier molecular flexibility index (Phi) is 3.79. The summed E-state index contributed by atoms with van der Waals surface area (Å²) in [4.78, 5) is 0. The molecule has 2 saturated carbocycles. The first-order chi connectivity index (χ1) is 15.0. The summed E-state index contributed by atoms with van der Waals surface area (Å²) in [5.41, 5.74) is 5.02. The summed E-state index contributed by atoms with van der Waals surface area (Å²) < 4.78 is 33.2. The lowest BCUT2D eigenvalue weighted by molar-refractivity contribution is -0.660. The summed E-state index contributed by atoms with van der Waals surface area (Å²) in [7, 11) is 2.03. The summed E-state index contributed by atoms with van der Waals surface area (Å²) in [5, 5.41) is 1.90. The van der Waals surface area contributed by atoms with Gasteiger partial charge in [-0.2, -0.15) is 0 Å². The van der Waals surface area contributed by atoms with E-state index in [9.17, 15) is 1.37 Å². The van der Waals surface area contributed by atoms with Crippen molar-refractivity contribution in [3.05, 3.63) is 65.6 Å². The van der Waals surface area contributed by atoms with Crippen molar-refractivity contribution in [3.63, 3.8) is 0 Å². The topological polar surface area (TPSA) is 17.0 Å². The van der Waals surface area contributed by atoms with Crippen molar-refractivity contribution in [1.82, 2.24) is 0 Å². The fourth-order valence-electron chi connectivity index (χ4n) is 5.98. The van der Waals surface area contributed by atoms with Gasteiger partial charge in [0.25, 0.3) is 0 Å². The van der Waals surface area contributed by atoms with Gasteiger partial charge in [0.1, 0.15) is 24.0 Å². The molecule has 3 heteroatoms. The lowest BCUT2D eigenvalue weighted by Crippen LogP contribution is -2.30. The van der Waals surface area contributed by atoms with Gasteiger partial charge in [-0.05, 0) is 61.3 Å². The van der Waals surface area contributed by atoms with E-state index in [1.807, 2.05) is 31.4 Å². The Hall–Kier alpha value is -2.68. The van der Waals surface area contributed by atoms with E-state index < -0.39 is 5.89 Å². The number of fused-ring (bicyclic) bond motifs is 4. The smallest absolute Gasteiger partial charge is 0.216 e. The quantitative estimate of drug-likeness (QED) is 0.337. The van der Waals surface area contributed by atoms with Crippen LogP contribution >= 0.6 is 0 Å². The average Bonchev–Trinajstić information content (AvgIpc) is 3.40. The van der Waals surface area contributed by atoms with Crippen LogP contribution in [0.4, 0.5) is 4.39 Å². The van der Waals surface area contributed by atoms with Crippen LogP contribution in [-0.4, -0.2) is 0 Å². The standard InChI is InChI=1S/C27H27FNO/c1-16-9-10-20-21-11-12-22(28)25(19-14-17-6-5-7-18(17)15-19)27(21)30-26(20)24(16)23-8-3-4-13-29(23)2/h3-4,8-13,17-19H,5-7,14-15H2,1-2H3/q+1/i19D. The molecule has 0 aliphatic heterocycles. The number of pyridine rings is 1. The number of nitrogens with zero attached hydrogens (tertiary/aromatic N) is 1. The molecule has 2 atom stereocenters. The van der Waals surface area contributed by atoms with Crippen LogP contribution in [0.3, 0.4) is 0 Å². The molecule has 152 valence electrons. The Balaban J connectivity index is 1.63. The third-order valence-corrected chi connectivity index (χ3v) is 7.47. The Labute approximate surface area is 177 Å². The van der Waals surface area contributed by atoms with Crippen LogP contribution in [0, 0.1) is 24.6 Å². The van der Waals surface area contributed by atoms with Crippen molar-refractivity contribution in [2.45, 2.75) is 44.9 Å². The molecule has 0 spiro atoms. The molecular formula is C27H27FNO+. The van der Waals surface area contributed by atoms with Crippen molar-refractivity contribution < 1.29 is 14.7 Å². The van der Waals surface area contributed by atoms with Crippen molar-refractivity contribution in [3.8, 4) is 11.3 Å². The number of aromatic nitrogens is 1. The van der Waals surface area contributed by atoms with Crippen molar-refractivity contribution in [2.75, 3.05) is 0 Å². The first-order valence-electron chi connectivity index (χ1n) is 11.6. The maximum Gasteiger partial charge on any atom is 0.216 e. The number of benzene rings is 2. The SMILES string of the molecule is [2H]C1(c2c(F)ccc3c2oc2c(-c4cccc[n+]4C)c(C)ccc23)CC2CCCC2C1. The minimum atomic E-state index is -0.903. The molecule has 4 aromatic rings. The molecule has 2 unspecified atom stereocenters. The van der Waals surface area contributed by atoms with Crippen LogP contribution in [0.1, 0.15) is 50.5 Å². The van der Waals surface area contributed by atoms with Gasteiger partial charge in [0.2, 0.25) is 5.69 Å². The van der Waals surface area contributed by atoms with E-state index >= 15 is 4.39 Å². The highest BCUT2D eigenvalue weighted by molar-refractivity contribution is 6.10. The number of furan rings is 1. The van der Waals surface area contributed by atoms with E-state index in [2.05, 4.69) is 29.7 Å². The van der Waals surface area contributed by atoms with Crippen LogP contribution in [-0.2, 0) is 7.05 Å². The van der Waals surface area contributed by atoms with Crippen LogP contribution < -0.4 is 4.57 Å². The average molecular weight is 402 g/mol. The fourth-order valence-corrected chi connectivity index (χ4v) is 5.98. The van der Waals surface area contributed by atoms with Gasteiger partial charge < -0.3 is 4.42 Å². The molecule has 2 aromatic carbocycles. The monoisotopic (exact) mass is 401 g/mol. The van der Waals surface area contributed by atoms with Gasteiger partial charge in [-0.25, -0.2) is 8.96 Å². The second-order valence-electron chi connectivity index (χ2n) is 9.19. The molecule has 0 saturated heterocycles. The van der Waals surface area contributed by atoms with E-state index in [4.69, 9.17) is 4.42 Å². The van der Waals surface area contributed by atoms with Gasteiger partial charge in [0.05, 0.1) is 5.56 Å². The second kappa shape index (κ2) is 6.66. The zero-order valence-corrected chi connectivity index (χ0v) is 17.5. The van der Waals surface area contributed by atoms with Gasteiger partial charge in [-0.1, -0.05) is 31.4 Å². The highest BCUT2D eigenvalue weighted by atomic mass is 19.1. The van der Waals surface area contributed by atoms with E-state index in [0.717, 1.165) is 46.0 Å². The molecule has 6 rings (SSSR count). The van der Waals surface area contributed by atoms with Crippen LogP contribution in [0.25, 0.3) is 33.2 Å². The van der Waals surface area contributed by atoms with E-state index in [-0.39, 0.29) is 5.82 Å². The molecule has 2 aromatic heterocycles. The predicted octanol–water partition coefficient (Wildman–Crippen LogP) is 6.82. The van der Waals surface area contributed by atoms with Crippen molar-refractivity contribution >= 4 is 21.9 Å². The third kappa shape index (κ3) is 2.57. The van der Waals surface area contributed by atoms with Crippen LogP contribution in [0.15, 0.2) is 53.1 Å². The van der Waals surface area contributed by atoms with Crippen molar-refractivity contribution in [1.29, 1.82) is 0 Å². The summed E-state index contributed by atoms with van der Waals surface area (Å²) in [5.74, 6) is -0.0969. The fraction of sp³-hybridized carbons (Fsp3) is 0.370. The number of hydrogen-bond donors (Lipinski definition) is 0. The minimum Gasteiger partial charge on any atom is -0.455 e. The second-order valence-corrected chi connectivity index (χ2v) is 9.19. The number of rotatable bonds is 2. The molecule has 30 heavy (non-hydrogen) atoms. The lowest BCUT2D eigenvalue weighted by atomic mass is 9.92. The van der Waals surface area contributed by atoms with Crippen LogP contribution in [0.2, 0.25) is 0 Å². The Morgan fingerprint density at radius 2 is 1.73 bits per heavy atom. The molecule has 2 nitrogen and oxygen atoms in total. The van der Waals surface area contributed by atoms with Gasteiger partial charge in [-0.15, -0.1) is 0 Å². The first kappa shape index (κ1) is 17.0. The molecule has 2 aliphatic carbocycles. The molecule has 2 aliphatic rings. The maximum absolute atomic E-state index is 15.3. The molecule has 0 N–H and O–H groups in total. The minimum absolute atomic E-state index is 0.301. The molecule has 0 radical (unpaired) electrons. The zero-order chi connectivity index (χ0) is 21.3. The summed E-state index contributed by atoms with van der Waals surface area (Å²) in [6.45, 7) is 2.08. The Morgan fingerprint density at radius 1 is 1.00 bits per heavy atom. The van der Waals surface area contributed by atoms with Gasteiger partial charge in [-0.3, -0.25) is 0 Å². The van der Waals surface area contributed by atoms with E-state index in [1.54, 1.807) is 6.07 Å². The highest BCUT2D eigenvalue weighted by Crippen LogP contribution is 2.52. The molecule has 0 amide bonds.